The quantitative estimate of drug-likeness (QED) is 0.493. The van der Waals surface area contributed by atoms with Crippen molar-refractivity contribution in [1.29, 1.82) is 0 Å². The fraction of sp³-hybridized carbons (Fsp3) is 0.421. The molecule has 1 aromatic carbocycles. The van der Waals surface area contributed by atoms with Gasteiger partial charge in [-0.05, 0) is 37.8 Å². The number of amides is 5. The minimum Gasteiger partial charge on any atom is -0.493 e. The van der Waals surface area contributed by atoms with E-state index in [9.17, 15) is 24.0 Å². The first kappa shape index (κ1) is 19.5. The lowest BCUT2D eigenvalue weighted by Gasteiger charge is -2.27. The Kier molecular flexibility index (Phi) is 5.72. The van der Waals surface area contributed by atoms with E-state index in [1.54, 1.807) is 12.1 Å². The molecule has 2 heterocycles. The lowest BCUT2D eigenvalue weighted by molar-refractivity contribution is -0.136. The summed E-state index contributed by atoms with van der Waals surface area (Å²) >= 11 is 0. The molecule has 2 aliphatic rings. The number of ether oxygens (including phenoxy) is 1. The van der Waals surface area contributed by atoms with Crippen molar-refractivity contribution >= 4 is 29.5 Å². The first-order valence-corrected chi connectivity index (χ1v) is 9.16. The monoisotopic (exact) mass is 387 g/mol. The molecular weight excluding hydrogens is 366 g/mol. The second-order valence-corrected chi connectivity index (χ2v) is 6.75. The molecule has 1 aromatic rings. The Bertz CT molecular complexity index is 850. The number of primary amides is 1. The summed E-state index contributed by atoms with van der Waals surface area (Å²) in [6.07, 6.45) is 2.55. The van der Waals surface area contributed by atoms with Crippen LogP contribution in [0.2, 0.25) is 0 Å². The molecule has 3 rings (SSSR count). The predicted octanol–water partition coefficient (Wildman–Crippen LogP) is 0.512. The molecule has 3 N–H and O–H groups in total. The number of rotatable bonds is 8. The molecule has 5 amide bonds. The van der Waals surface area contributed by atoms with Crippen molar-refractivity contribution in [3.8, 4) is 5.75 Å². The lowest BCUT2D eigenvalue weighted by Crippen LogP contribution is -2.54. The molecule has 1 saturated heterocycles. The zero-order valence-corrected chi connectivity index (χ0v) is 15.2. The zero-order chi connectivity index (χ0) is 20.3. The van der Waals surface area contributed by atoms with Crippen LogP contribution in [0, 0.1) is 0 Å². The van der Waals surface area contributed by atoms with Gasteiger partial charge in [-0.25, -0.2) is 0 Å². The number of hydrogen-bond donors (Lipinski definition) is 2. The number of nitrogens with one attached hydrogen (secondary N) is 1. The molecule has 9 heteroatoms. The van der Waals surface area contributed by atoms with E-state index in [4.69, 9.17) is 10.5 Å². The first-order valence-electron chi connectivity index (χ1n) is 9.16. The first-order chi connectivity index (χ1) is 13.4. The predicted molar refractivity (Wildman–Crippen MR) is 96.3 cm³/mol. The van der Waals surface area contributed by atoms with Gasteiger partial charge in [0.15, 0.2) is 0 Å². The van der Waals surface area contributed by atoms with Gasteiger partial charge in [0.05, 0.1) is 17.7 Å². The van der Waals surface area contributed by atoms with Crippen LogP contribution in [0.4, 0.5) is 0 Å². The van der Waals surface area contributed by atoms with Gasteiger partial charge in [0.1, 0.15) is 11.8 Å². The number of benzene rings is 1. The smallest absolute Gasteiger partial charge is 0.266 e. The Morgan fingerprint density at radius 3 is 2.64 bits per heavy atom. The Morgan fingerprint density at radius 1 is 1.14 bits per heavy atom. The standard InChI is InChI=1S/C19H21N3O6/c20-14(23)7-2-1-3-10-28-13-6-4-5-11-16(13)19(27)22(18(11)26)12-8-9-15(24)21-17(12)25/h4-6,12H,1-3,7-10H2,(H2,20,23)(H,21,24,25). The van der Waals surface area contributed by atoms with Gasteiger partial charge in [-0.1, -0.05) is 6.07 Å². The van der Waals surface area contributed by atoms with Crippen molar-refractivity contribution in [3.05, 3.63) is 29.3 Å². The van der Waals surface area contributed by atoms with Crippen LogP contribution >= 0.6 is 0 Å². The van der Waals surface area contributed by atoms with Crippen LogP contribution in [0.1, 0.15) is 59.2 Å². The highest BCUT2D eigenvalue weighted by molar-refractivity contribution is 6.24. The van der Waals surface area contributed by atoms with Crippen LogP contribution in [0.25, 0.3) is 0 Å². The number of carbonyl (C=O) groups excluding carboxylic acids is 5. The van der Waals surface area contributed by atoms with Crippen molar-refractivity contribution in [1.82, 2.24) is 10.2 Å². The van der Waals surface area contributed by atoms with Crippen molar-refractivity contribution in [3.63, 3.8) is 0 Å². The van der Waals surface area contributed by atoms with Crippen LogP contribution in [0.3, 0.4) is 0 Å². The van der Waals surface area contributed by atoms with Crippen molar-refractivity contribution in [2.75, 3.05) is 6.61 Å². The van der Waals surface area contributed by atoms with Gasteiger partial charge in [0, 0.05) is 12.8 Å². The molecule has 1 fully saturated rings. The number of piperidine rings is 1. The summed E-state index contributed by atoms with van der Waals surface area (Å²) in [5.41, 5.74) is 5.40. The summed E-state index contributed by atoms with van der Waals surface area (Å²) in [6, 6.07) is 3.72. The van der Waals surface area contributed by atoms with E-state index in [1.807, 2.05) is 0 Å². The third kappa shape index (κ3) is 3.88. The number of imide groups is 2. The molecule has 9 nitrogen and oxygen atoms in total. The number of nitrogens with two attached hydrogens (primary N) is 1. The summed E-state index contributed by atoms with van der Waals surface area (Å²) in [4.78, 5) is 60.6. The van der Waals surface area contributed by atoms with Crippen molar-refractivity contribution in [2.45, 2.75) is 44.6 Å². The Morgan fingerprint density at radius 2 is 1.93 bits per heavy atom. The highest BCUT2D eigenvalue weighted by Gasteiger charge is 2.45. The van der Waals surface area contributed by atoms with Gasteiger partial charge in [-0.3, -0.25) is 34.2 Å². The van der Waals surface area contributed by atoms with Gasteiger partial charge >= 0.3 is 0 Å². The third-order valence-electron chi connectivity index (χ3n) is 4.75. The van der Waals surface area contributed by atoms with Crippen LogP contribution in [0.5, 0.6) is 5.75 Å². The number of fused-ring (bicyclic) bond motifs is 1. The number of unbranched alkanes of at least 4 members (excludes halogenated alkanes) is 2. The molecule has 0 aromatic heterocycles. The average Bonchev–Trinajstić information content (AvgIpc) is 2.90. The fourth-order valence-corrected chi connectivity index (χ4v) is 3.36. The van der Waals surface area contributed by atoms with Gasteiger partial charge in [-0.2, -0.15) is 0 Å². The van der Waals surface area contributed by atoms with Crippen LogP contribution in [0.15, 0.2) is 18.2 Å². The molecule has 1 unspecified atom stereocenters. The molecule has 1 atom stereocenters. The molecule has 148 valence electrons. The summed E-state index contributed by atoms with van der Waals surface area (Å²) in [5.74, 6) is -2.30. The normalized spacial score (nSPS) is 18.9. The van der Waals surface area contributed by atoms with E-state index in [1.165, 1.54) is 6.07 Å². The summed E-state index contributed by atoms with van der Waals surface area (Å²) < 4.78 is 5.68. The van der Waals surface area contributed by atoms with Crippen LogP contribution in [-0.4, -0.2) is 47.1 Å². The van der Waals surface area contributed by atoms with E-state index in [0.717, 1.165) is 11.3 Å². The van der Waals surface area contributed by atoms with E-state index in [0.29, 0.717) is 25.9 Å². The van der Waals surface area contributed by atoms with Gasteiger partial charge in [0.2, 0.25) is 17.7 Å². The molecule has 0 spiro atoms. The Hall–Kier alpha value is -3.23. The van der Waals surface area contributed by atoms with E-state index in [-0.39, 0.29) is 35.6 Å². The topological polar surface area (TPSA) is 136 Å². The molecule has 2 aliphatic heterocycles. The molecule has 0 radical (unpaired) electrons. The highest BCUT2D eigenvalue weighted by atomic mass is 16.5. The second kappa shape index (κ2) is 8.20. The largest absolute Gasteiger partial charge is 0.493 e. The minimum atomic E-state index is -1.01. The van der Waals surface area contributed by atoms with Crippen LogP contribution in [-0.2, 0) is 14.4 Å². The maximum atomic E-state index is 12.9. The van der Waals surface area contributed by atoms with Crippen molar-refractivity contribution < 1.29 is 28.7 Å². The van der Waals surface area contributed by atoms with E-state index >= 15 is 0 Å². The number of nitrogens with zero attached hydrogens (tertiary/aromatic N) is 1. The molecule has 0 saturated carbocycles. The Balaban J connectivity index is 1.69. The molecular formula is C19H21N3O6. The summed E-state index contributed by atoms with van der Waals surface area (Å²) in [6.45, 7) is 0.315. The summed E-state index contributed by atoms with van der Waals surface area (Å²) in [7, 11) is 0. The SMILES string of the molecule is NC(=O)CCCCCOc1cccc2c1C(=O)N(C1CCC(=O)NC1=O)C2=O. The van der Waals surface area contributed by atoms with E-state index in [2.05, 4.69) is 5.32 Å². The molecule has 0 aliphatic carbocycles. The maximum Gasteiger partial charge on any atom is 0.266 e. The minimum absolute atomic E-state index is 0.0679. The van der Waals surface area contributed by atoms with Crippen molar-refractivity contribution in [2.24, 2.45) is 5.73 Å². The number of carbonyl (C=O) groups is 5. The Labute approximate surface area is 161 Å². The molecule has 28 heavy (non-hydrogen) atoms. The zero-order valence-electron chi connectivity index (χ0n) is 15.2. The summed E-state index contributed by atoms with van der Waals surface area (Å²) in [5, 5.41) is 2.16. The van der Waals surface area contributed by atoms with Gasteiger partial charge < -0.3 is 10.5 Å². The maximum absolute atomic E-state index is 12.9. The van der Waals surface area contributed by atoms with Crippen LogP contribution < -0.4 is 15.8 Å². The third-order valence-corrected chi connectivity index (χ3v) is 4.75. The highest BCUT2D eigenvalue weighted by Crippen LogP contribution is 2.33. The van der Waals surface area contributed by atoms with E-state index < -0.39 is 29.7 Å². The number of hydrogen-bond acceptors (Lipinski definition) is 6. The van der Waals surface area contributed by atoms with Gasteiger partial charge in [-0.15, -0.1) is 0 Å². The van der Waals surface area contributed by atoms with Gasteiger partial charge in [0.25, 0.3) is 11.8 Å². The second-order valence-electron chi connectivity index (χ2n) is 6.75. The molecule has 0 bridgehead atoms. The average molecular weight is 387 g/mol. The fourth-order valence-electron chi connectivity index (χ4n) is 3.36. The lowest BCUT2D eigenvalue weighted by atomic mass is 10.0.